The van der Waals surface area contributed by atoms with Crippen molar-refractivity contribution < 1.29 is 9.59 Å². The summed E-state index contributed by atoms with van der Waals surface area (Å²) in [7, 11) is 0. The first-order valence-electron chi connectivity index (χ1n) is 10.4. The van der Waals surface area contributed by atoms with Gasteiger partial charge >= 0.3 is 0 Å². The Morgan fingerprint density at radius 3 is 2.44 bits per heavy atom. The van der Waals surface area contributed by atoms with Gasteiger partial charge in [0.2, 0.25) is 5.82 Å². The molecule has 0 aliphatic heterocycles. The van der Waals surface area contributed by atoms with Crippen LogP contribution in [-0.4, -0.2) is 31.6 Å². The zero-order chi connectivity index (χ0) is 23.3. The SMILES string of the molecule is O=C(Nc1ccccn1)c1cccc(NC(=O)c2nc(-c3cccs3)n(-c3ccccc3)n2)c1. The van der Waals surface area contributed by atoms with Gasteiger partial charge in [0.15, 0.2) is 5.82 Å². The number of nitrogens with one attached hydrogen (secondary N) is 2. The van der Waals surface area contributed by atoms with Crippen molar-refractivity contribution in [1.82, 2.24) is 19.7 Å². The van der Waals surface area contributed by atoms with E-state index in [-0.39, 0.29) is 11.7 Å². The molecular formula is C25H18N6O2S. The molecule has 3 aromatic heterocycles. The molecule has 2 N–H and O–H groups in total. The Bertz CT molecular complexity index is 1430. The normalized spacial score (nSPS) is 10.6. The molecule has 0 aliphatic rings. The number of aromatic nitrogens is 4. The highest BCUT2D eigenvalue weighted by Gasteiger charge is 2.20. The van der Waals surface area contributed by atoms with E-state index in [1.54, 1.807) is 53.3 Å². The minimum Gasteiger partial charge on any atom is -0.319 e. The van der Waals surface area contributed by atoms with Gasteiger partial charge in [-0.1, -0.05) is 36.4 Å². The van der Waals surface area contributed by atoms with E-state index in [0.29, 0.717) is 22.9 Å². The van der Waals surface area contributed by atoms with Crippen molar-refractivity contribution in [2.24, 2.45) is 0 Å². The van der Waals surface area contributed by atoms with Gasteiger partial charge in [-0.2, -0.15) is 0 Å². The zero-order valence-electron chi connectivity index (χ0n) is 17.8. The molecule has 166 valence electrons. The van der Waals surface area contributed by atoms with Crippen molar-refractivity contribution in [2.45, 2.75) is 0 Å². The minimum absolute atomic E-state index is 0.0237. The maximum absolute atomic E-state index is 13.0. The Balaban J connectivity index is 1.39. The van der Waals surface area contributed by atoms with Gasteiger partial charge in [0.05, 0.1) is 10.6 Å². The van der Waals surface area contributed by atoms with Crippen LogP contribution >= 0.6 is 11.3 Å². The number of amides is 2. The van der Waals surface area contributed by atoms with Gasteiger partial charge in [-0.3, -0.25) is 9.59 Å². The van der Waals surface area contributed by atoms with Gasteiger partial charge in [-0.25, -0.2) is 14.6 Å². The topological polar surface area (TPSA) is 102 Å². The molecule has 0 saturated heterocycles. The van der Waals surface area contributed by atoms with E-state index in [2.05, 4.69) is 25.7 Å². The first-order chi connectivity index (χ1) is 16.7. The monoisotopic (exact) mass is 466 g/mol. The van der Waals surface area contributed by atoms with Gasteiger partial charge in [0.25, 0.3) is 11.8 Å². The maximum Gasteiger partial charge on any atom is 0.295 e. The predicted molar refractivity (Wildman–Crippen MR) is 131 cm³/mol. The molecule has 0 unspecified atom stereocenters. The second kappa shape index (κ2) is 9.47. The van der Waals surface area contributed by atoms with Crippen molar-refractivity contribution >= 4 is 34.7 Å². The number of para-hydroxylation sites is 1. The Morgan fingerprint density at radius 1 is 0.824 bits per heavy atom. The van der Waals surface area contributed by atoms with Crippen molar-refractivity contribution in [3.63, 3.8) is 0 Å². The number of anilines is 2. The van der Waals surface area contributed by atoms with Crippen molar-refractivity contribution in [3.05, 3.63) is 108 Å². The largest absolute Gasteiger partial charge is 0.319 e. The summed E-state index contributed by atoms with van der Waals surface area (Å²) in [5.41, 5.74) is 1.63. The summed E-state index contributed by atoms with van der Waals surface area (Å²) in [6.45, 7) is 0. The number of rotatable bonds is 6. The van der Waals surface area contributed by atoms with Crippen LogP contribution in [0.4, 0.5) is 11.5 Å². The lowest BCUT2D eigenvalue weighted by Crippen LogP contribution is -2.16. The third-order valence-corrected chi connectivity index (χ3v) is 5.71. The van der Waals surface area contributed by atoms with E-state index < -0.39 is 5.91 Å². The molecular weight excluding hydrogens is 448 g/mol. The fourth-order valence-electron chi connectivity index (χ4n) is 3.27. The van der Waals surface area contributed by atoms with Crippen LogP contribution in [0.5, 0.6) is 0 Å². The van der Waals surface area contributed by atoms with Gasteiger partial charge in [-0.15, -0.1) is 16.4 Å². The first-order valence-corrected chi connectivity index (χ1v) is 11.3. The van der Waals surface area contributed by atoms with Crippen LogP contribution in [0.25, 0.3) is 16.4 Å². The molecule has 0 bridgehead atoms. The van der Waals surface area contributed by atoms with Crippen molar-refractivity contribution in [3.8, 4) is 16.4 Å². The van der Waals surface area contributed by atoms with E-state index in [9.17, 15) is 9.59 Å². The summed E-state index contributed by atoms with van der Waals surface area (Å²) in [4.78, 5) is 35.0. The molecule has 34 heavy (non-hydrogen) atoms. The van der Waals surface area contributed by atoms with E-state index in [1.165, 1.54) is 11.3 Å². The Morgan fingerprint density at radius 2 is 1.68 bits per heavy atom. The molecule has 0 spiro atoms. The molecule has 2 aromatic carbocycles. The summed E-state index contributed by atoms with van der Waals surface area (Å²) >= 11 is 1.52. The average molecular weight is 467 g/mol. The summed E-state index contributed by atoms with van der Waals surface area (Å²) in [6.07, 6.45) is 1.60. The molecule has 0 fully saturated rings. The summed E-state index contributed by atoms with van der Waals surface area (Å²) in [5, 5.41) is 11.9. The zero-order valence-corrected chi connectivity index (χ0v) is 18.6. The third-order valence-electron chi connectivity index (χ3n) is 4.84. The number of hydrogen-bond acceptors (Lipinski definition) is 6. The van der Waals surface area contributed by atoms with Crippen LogP contribution in [0.2, 0.25) is 0 Å². The van der Waals surface area contributed by atoms with Crippen LogP contribution in [0.15, 0.2) is 96.5 Å². The van der Waals surface area contributed by atoms with E-state index >= 15 is 0 Å². The fraction of sp³-hybridized carbons (Fsp3) is 0. The summed E-state index contributed by atoms with van der Waals surface area (Å²) < 4.78 is 1.65. The third kappa shape index (κ3) is 4.59. The van der Waals surface area contributed by atoms with Gasteiger partial charge in [0, 0.05) is 17.4 Å². The van der Waals surface area contributed by atoms with Crippen LogP contribution in [0, 0.1) is 0 Å². The molecule has 0 radical (unpaired) electrons. The lowest BCUT2D eigenvalue weighted by atomic mass is 10.2. The predicted octanol–water partition coefficient (Wildman–Crippen LogP) is 4.90. The average Bonchev–Trinajstić information content (AvgIpc) is 3.56. The van der Waals surface area contributed by atoms with Crippen LogP contribution in [0.3, 0.4) is 0 Å². The van der Waals surface area contributed by atoms with Crippen LogP contribution < -0.4 is 10.6 Å². The Kier molecular flexibility index (Phi) is 5.91. The highest BCUT2D eigenvalue weighted by Crippen LogP contribution is 2.26. The summed E-state index contributed by atoms with van der Waals surface area (Å²) in [6, 6.07) is 25.2. The van der Waals surface area contributed by atoms with Gasteiger partial charge in [-0.05, 0) is 53.9 Å². The second-order valence-corrected chi connectivity index (χ2v) is 8.14. The maximum atomic E-state index is 13.0. The van der Waals surface area contributed by atoms with E-state index in [0.717, 1.165) is 10.6 Å². The van der Waals surface area contributed by atoms with Crippen molar-refractivity contribution in [2.75, 3.05) is 10.6 Å². The lowest BCUT2D eigenvalue weighted by molar-refractivity contribution is 0.101. The number of carbonyl (C=O) groups excluding carboxylic acids is 2. The molecule has 3 heterocycles. The van der Waals surface area contributed by atoms with E-state index in [1.807, 2.05) is 47.8 Å². The highest BCUT2D eigenvalue weighted by atomic mass is 32.1. The molecule has 5 aromatic rings. The number of benzene rings is 2. The Hall–Kier alpha value is -4.63. The molecule has 5 rings (SSSR count). The first kappa shape index (κ1) is 21.2. The van der Waals surface area contributed by atoms with E-state index in [4.69, 9.17) is 0 Å². The van der Waals surface area contributed by atoms with Crippen LogP contribution in [0.1, 0.15) is 21.0 Å². The second-order valence-electron chi connectivity index (χ2n) is 7.19. The standard InChI is InChI=1S/C25H18N6O2S/c32-24(28-21-13-4-5-14-26-21)17-8-6-9-18(16-17)27-25(33)22-29-23(20-12-7-15-34-20)31(30-22)19-10-2-1-3-11-19/h1-16H,(H,27,33)(H,26,28,32). The van der Waals surface area contributed by atoms with Crippen molar-refractivity contribution in [1.29, 1.82) is 0 Å². The number of pyridine rings is 1. The number of carbonyl (C=O) groups is 2. The molecule has 8 nitrogen and oxygen atoms in total. The smallest absolute Gasteiger partial charge is 0.295 e. The number of hydrogen-bond donors (Lipinski definition) is 2. The van der Waals surface area contributed by atoms with Gasteiger partial charge < -0.3 is 10.6 Å². The lowest BCUT2D eigenvalue weighted by Gasteiger charge is -2.07. The van der Waals surface area contributed by atoms with Crippen LogP contribution in [-0.2, 0) is 0 Å². The summed E-state index contributed by atoms with van der Waals surface area (Å²) in [5.74, 6) is 0.236. The minimum atomic E-state index is -0.477. The molecule has 2 amide bonds. The Labute approximate surface area is 198 Å². The molecule has 0 aliphatic carbocycles. The number of thiophene rings is 1. The molecule has 0 atom stereocenters. The fourth-order valence-corrected chi connectivity index (χ4v) is 3.97. The highest BCUT2D eigenvalue weighted by molar-refractivity contribution is 7.13. The quantitative estimate of drug-likeness (QED) is 0.371. The number of nitrogens with zero attached hydrogens (tertiary/aromatic N) is 4. The molecule has 0 saturated carbocycles. The molecule has 9 heteroatoms. The van der Waals surface area contributed by atoms with Gasteiger partial charge in [0.1, 0.15) is 5.82 Å².